The van der Waals surface area contributed by atoms with Crippen LogP contribution in [0.25, 0.3) is 5.82 Å². The van der Waals surface area contributed by atoms with E-state index >= 15 is 0 Å². The fraction of sp³-hybridized carbons (Fsp3) is 0.571. The number of nitrogens with zero attached hydrogens (tertiary/aromatic N) is 5. The number of hydrogen-bond donors (Lipinski definition) is 1. The van der Waals surface area contributed by atoms with Crippen LogP contribution in [0.5, 0.6) is 0 Å². The fourth-order valence-electron chi connectivity index (χ4n) is 3.59. The van der Waals surface area contributed by atoms with Gasteiger partial charge in [-0.2, -0.15) is 5.10 Å². The Morgan fingerprint density at radius 3 is 2.66 bits per heavy atom. The lowest BCUT2D eigenvalue weighted by atomic mass is 9.96. The summed E-state index contributed by atoms with van der Waals surface area (Å²) in [5.41, 5.74) is 3.20. The lowest BCUT2D eigenvalue weighted by Gasteiger charge is -2.26. The Bertz CT molecular complexity index is 783. The molecular formula is C21H33IN6O. The summed E-state index contributed by atoms with van der Waals surface area (Å²) in [7, 11) is 3.93. The quantitative estimate of drug-likeness (QED) is 0.366. The van der Waals surface area contributed by atoms with Crippen molar-refractivity contribution in [1.82, 2.24) is 25.0 Å². The summed E-state index contributed by atoms with van der Waals surface area (Å²) < 4.78 is 7.32. The molecule has 2 aromatic rings. The van der Waals surface area contributed by atoms with Crippen LogP contribution in [-0.2, 0) is 11.3 Å². The van der Waals surface area contributed by atoms with Crippen LogP contribution >= 0.6 is 24.0 Å². The molecule has 0 aliphatic carbocycles. The average Bonchev–Trinajstić information content (AvgIpc) is 3.06. The third-order valence-corrected chi connectivity index (χ3v) is 5.27. The first-order chi connectivity index (χ1) is 13.6. The zero-order valence-electron chi connectivity index (χ0n) is 17.9. The molecular weight excluding hydrogens is 479 g/mol. The first-order valence-electron chi connectivity index (χ1n) is 10.0. The minimum Gasteiger partial charge on any atom is -0.381 e. The van der Waals surface area contributed by atoms with E-state index in [-0.39, 0.29) is 24.0 Å². The minimum atomic E-state index is 0. The van der Waals surface area contributed by atoms with Gasteiger partial charge in [0.2, 0.25) is 0 Å². The standard InChI is InChI=1S/C21H32N6O.HI/c1-16-13-17(2)27(25-16)20-6-5-19(14-23-20)15-24-21(22-3)26(4)10-7-18-8-11-28-12-9-18;/h5-6,13-14,18H,7-12,15H2,1-4H3,(H,22,24);1H. The van der Waals surface area contributed by atoms with Crippen LogP contribution in [0.15, 0.2) is 29.4 Å². The van der Waals surface area contributed by atoms with E-state index in [0.717, 1.165) is 54.4 Å². The predicted octanol–water partition coefficient (Wildman–Crippen LogP) is 3.33. The van der Waals surface area contributed by atoms with Crippen LogP contribution in [0, 0.1) is 19.8 Å². The van der Waals surface area contributed by atoms with Crippen molar-refractivity contribution in [3.8, 4) is 5.82 Å². The van der Waals surface area contributed by atoms with E-state index in [1.807, 2.05) is 37.8 Å². The van der Waals surface area contributed by atoms with Gasteiger partial charge in [0, 0.05) is 52.3 Å². The second-order valence-electron chi connectivity index (χ2n) is 7.53. The Morgan fingerprint density at radius 1 is 1.31 bits per heavy atom. The molecule has 1 N–H and O–H groups in total. The highest BCUT2D eigenvalue weighted by atomic mass is 127. The molecule has 1 fully saturated rings. The van der Waals surface area contributed by atoms with E-state index in [4.69, 9.17) is 4.74 Å². The molecule has 29 heavy (non-hydrogen) atoms. The van der Waals surface area contributed by atoms with Crippen molar-refractivity contribution < 1.29 is 4.74 Å². The molecule has 0 radical (unpaired) electrons. The van der Waals surface area contributed by atoms with E-state index in [2.05, 4.69) is 44.5 Å². The molecule has 1 saturated heterocycles. The summed E-state index contributed by atoms with van der Waals surface area (Å²) in [4.78, 5) is 11.2. The zero-order valence-corrected chi connectivity index (χ0v) is 20.2. The maximum atomic E-state index is 5.45. The highest BCUT2D eigenvalue weighted by Gasteiger charge is 2.15. The Labute approximate surface area is 191 Å². The maximum absolute atomic E-state index is 5.45. The van der Waals surface area contributed by atoms with Crippen molar-refractivity contribution in [3.63, 3.8) is 0 Å². The number of aromatic nitrogens is 3. The lowest BCUT2D eigenvalue weighted by Crippen LogP contribution is -2.39. The van der Waals surface area contributed by atoms with Crippen LogP contribution in [-0.4, -0.2) is 59.5 Å². The monoisotopic (exact) mass is 512 g/mol. The fourth-order valence-corrected chi connectivity index (χ4v) is 3.59. The van der Waals surface area contributed by atoms with Gasteiger partial charge in [0.25, 0.3) is 0 Å². The molecule has 0 saturated carbocycles. The predicted molar refractivity (Wildman–Crippen MR) is 127 cm³/mol. The van der Waals surface area contributed by atoms with Gasteiger partial charge < -0.3 is 15.0 Å². The SMILES string of the molecule is CN=C(NCc1ccc(-n2nc(C)cc2C)nc1)N(C)CCC1CCOCC1.I. The van der Waals surface area contributed by atoms with E-state index < -0.39 is 0 Å². The molecule has 3 rings (SSSR count). The van der Waals surface area contributed by atoms with Gasteiger partial charge in [-0.3, -0.25) is 4.99 Å². The Balaban J connectivity index is 0.00000300. The number of nitrogens with one attached hydrogen (secondary N) is 1. The topological polar surface area (TPSA) is 67.6 Å². The molecule has 0 aromatic carbocycles. The van der Waals surface area contributed by atoms with Gasteiger partial charge in [0.15, 0.2) is 11.8 Å². The second kappa shape index (κ2) is 11.5. The molecule has 0 atom stereocenters. The van der Waals surface area contributed by atoms with E-state index in [1.165, 1.54) is 19.3 Å². The molecule has 2 aromatic heterocycles. The third kappa shape index (κ3) is 6.67. The molecule has 3 heterocycles. The molecule has 1 aliphatic heterocycles. The first-order valence-corrected chi connectivity index (χ1v) is 10.0. The number of pyridine rings is 1. The number of aryl methyl sites for hydroxylation is 2. The number of hydrogen-bond acceptors (Lipinski definition) is 4. The Morgan fingerprint density at radius 2 is 2.07 bits per heavy atom. The maximum Gasteiger partial charge on any atom is 0.193 e. The number of guanidine groups is 1. The van der Waals surface area contributed by atoms with Gasteiger partial charge in [0.1, 0.15) is 0 Å². The second-order valence-corrected chi connectivity index (χ2v) is 7.53. The lowest BCUT2D eigenvalue weighted by molar-refractivity contribution is 0.0625. The van der Waals surface area contributed by atoms with Gasteiger partial charge in [-0.1, -0.05) is 6.07 Å². The number of aliphatic imine (C=N–C) groups is 1. The van der Waals surface area contributed by atoms with Crippen LogP contribution in [0.3, 0.4) is 0 Å². The summed E-state index contributed by atoms with van der Waals surface area (Å²) in [6.45, 7) is 7.53. The summed E-state index contributed by atoms with van der Waals surface area (Å²) in [5, 5.41) is 7.92. The largest absolute Gasteiger partial charge is 0.381 e. The molecule has 160 valence electrons. The van der Waals surface area contributed by atoms with Crippen molar-refractivity contribution in [3.05, 3.63) is 41.3 Å². The van der Waals surface area contributed by atoms with Crippen molar-refractivity contribution in [2.24, 2.45) is 10.9 Å². The Kier molecular flexibility index (Phi) is 9.35. The van der Waals surface area contributed by atoms with Crippen LogP contribution in [0.2, 0.25) is 0 Å². The van der Waals surface area contributed by atoms with E-state index in [9.17, 15) is 0 Å². The van der Waals surface area contributed by atoms with Crippen LogP contribution < -0.4 is 5.32 Å². The van der Waals surface area contributed by atoms with Crippen molar-refractivity contribution in [2.45, 2.75) is 39.7 Å². The highest BCUT2D eigenvalue weighted by Crippen LogP contribution is 2.18. The van der Waals surface area contributed by atoms with Gasteiger partial charge in [-0.15, -0.1) is 24.0 Å². The smallest absolute Gasteiger partial charge is 0.193 e. The third-order valence-electron chi connectivity index (χ3n) is 5.27. The van der Waals surface area contributed by atoms with Gasteiger partial charge in [-0.05, 0) is 56.7 Å². The highest BCUT2D eigenvalue weighted by molar-refractivity contribution is 14.0. The van der Waals surface area contributed by atoms with Gasteiger partial charge >= 0.3 is 0 Å². The molecule has 0 bridgehead atoms. The molecule has 8 heteroatoms. The molecule has 0 amide bonds. The number of rotatable bonds is 6. The van der Waals surface area contributed by atoms with Crippen LogP contribution in [0.1, 0.15) is 36.2 Å². The normalized spacial score (nSPS) is 15.1. The summed E-state index contributed by atoms with van der Waals surface area (Å²) in [5.74, 6) is 2.52. The van der Waals surface area contributed by atoms with Crippen LogP contribution in [0.4, 0.5) is 0 Å². The van der Waals surface area contributed by atoms with E-state index in [0.29, 0.717) is 6.54 Å². The minimum absolute atomic E-state index is 0. The van der Waals surface area contributed by atoms with Gasteiger partial charge in [0.05, 0.1) is 5.69 Å². The van der Waals surface area contributed by atoms with Gasteiger partial charge in [-0.25, -0.2) is 9.67 Å². The zero-order chi connectivity index (χ0) is 19.9. The Hall–Kier alpha value is -1.68. The van der Waals surface area contributed by atoms with Crippen molar-refractivity contribution in [2.75, 3.05) is 33.9 Å². The summed E-state index contributed by atoms with van der Waals surface area (Å²) in [6.07, 6.45) is 5.42. The summed E-state index contributed by atoms with van der Waals surface area (Å²) in [6, 6.07) is 6.15. The first kappa shape index (κ1) is 23.6. The molecule has 0 spiro atoms. The molecule has 1 aliphatic rings. The van der Waals surface area contributed by atoms with E-state index in [1.54, 1.807) is 0 Å². The number of ether oxygens (including phenoxy) is 1. The number of halogens is 1. The summed E-state index contributed by atoms with van der Waals surface area (Å²) >= 11 is 0. The molecule has 0 unspecified atom stereocenters. The van der Waals surface area contributed by atoms with Crippen molar-refractivity contribution >= 4 is 29.9 Å². The van der Waals surface area contributed by atoms with Crippen molar-refractivity contribution in [1.29, 1.82) is 0 Å². The average molecular weight is 512 g/mol. The molecule has 7 nitrogen and oxygen atoms in total.